The van der Waals surface area contributed by atoms with Crippen LogP contribution >= 0.6 is 11.3 Å². The number of unbranched alkanes of at least 4 members (excludes halogenated alkanes) is 1. The third kappa shape index (κ3) is 2.98. The predicted octanol–water partition coefficient (Wildman–Crippen LogP) is 3.79. The van der Waals surface area contributed by atoms with E-state index in [1.54, 1.807) is 13.2 Å². The molecule has 0 aliphatic carbocycles. The highest BCUT2D eigenvalue weighted by atomic mass is 32.1. The van der Waals surface area contributed by atoms with Gasteiger partial charge in [0.15, 0.2) is 11.5 Å². The molecule has 5 heteroatoms. The maximum atomic E-state index is 11.0. The number of carbonyl (C=O) groups is 1. The lowest BCUT2D eigenvalue weighted by molar-refractivity contribution is 0.0702. The molecule has 0 radical (unpaired) electrons. The minimum absolute atomic E-state index is 0.322. The molecule has 0 aliphatic rings. The number of thiophene rings is 1. The van der Waals surface area contributed by atoms with E-state index < -0.39 is 5.97 Å². The zero-order chi connectivity index (χ0) is 13.8. The number of carboxylic acid groups (broad SMARTS) is 1. The van der Waals surface area contributed by atoms with Gasteiger partial charge in [-0.05, 0) is 23.9 Å². The average Bonchev–Trinajstić information content (AvgIpc) is 2.81. The first-order chi connectivity index (χ1) is 9.15. The number of rotatable bonds is 6. The zero-order valence-corrected chi connectivity index (χ0v) is 11.8. The normalized spacial score (nSPS) is 10.6. The number of methoxy groups -OCH3 is 1. The number of aromatic carboxylic acids is 1. The molecule has 102 valence electrons. The van der Waals surface area contributed by atoms with Gasteiger partial charge >= 0.3 is 5.97 Å². The van der Waals surface area contributed by atoms with E-state index in [4.69, 9.17) is 14.6 Å². The third-order valence-electron chi connectivity index (χ3n) is 2.77. The number of hydrogen-bond acceptors (Lipinski definition) is 4. The van der Waals surface area contributed by atoms with E-state index in [0.29, 0.717) is 23.0 Å². The van der Waals surface area contributed by atoms with Gasteiger partial charge in [-0.25, -0.2) is 4.79 Å². The summed E-state index contributed by atoms with van der Waals surface area (Å²) in [5.41, 5.74) is 0. The number of ether oxygens (including phenoxy) is 2. The van der Waals surface area contributed by atoms with E-state index in [2.05, 4.69) is 6.92 Å². The molecule has 0 aliphatic heterocycles. The average molecular weight is 280 g/mol. The van der Waals surface area contributed by atoms with Crippen molar-refractivity contribution in [3.63, 3.8) is 0 Å². The summed E-state index contributed by atoms with van der Waals surface area (Å²) in [6.07, 6.45) is 2.04. The van der Waals surface area contributed by atoms with Crippen LogP contribution in [0.3, 0.4) is 0 Å². The lowest BCUT2D eigenvalue weighted by Crippen LogP contribution is -1.98. The molecular formula is C14H16O4S. The summed E-state index contributed by atoms with van der Waals surface area (Å²) in [5.74, 6) is 0.397. The van der Waals surface area contributed by atoms with Crippen molar-refractivity contribution in [3.8, 4) is 11.5 Å². The van der Waals surface area contributed by atoms with Crippen LogP contribution in [0.25, 0.3) is 10.1 Å². The molecule has 1 heterocycles. The molecule has 0 saturated carbocycles. The van der Waals surface area contributed by atoms with Crippen LogP contribution in [-0.4, -0.2) is 24.8 Å². The van der Waals surface area contributed by atoms with E-state index in [-0.39, 0.29) is 0 Å². The van der Waals surface area contributed by atoms with Gasteiger partial charge in [0.1, 0.15) is 4.88 Å². The predicted molar refractivity (Wildman–Crippen MR) is 75.7 cm³/mol. The lowest BCUT2D eigenvalue weighted by atomic mass is 10.2. The second kappa shape index (κ2) is 5.93. The minimum atomic E-state index is -0.909. The molecule has 2 aromatic rings. The second-order valence-electron chi connectivity index (χ2n) is 4.16. The van der Waals surface area contributed by atoms with Gasteiger partial charge in [0.25, 0.3) is 0 Å². The van der Waals surface area contributed by atoms with Gasteiger partial charge in [0.05, 0.1) is 13.7 Å². The zero-order valence-electron chi connectivity index (χ0n) is 10.9. The number of carboxylic acids is 1. The molecule has 0 unspecified atom stereocenters. The van der Waals surface area contributed by atoms with Crippen LogP contribution in [-0.2, 0) is 0 Å². The van der Waals surface area contributed by atoms with Gasteiger partial charge < -0.3 is 14.6 Å². The number of fused-ring (bicyclic) bond motifs is 1. The fourth-order valence-corrected chi connectivity index (χ4v) is 2.66. The molecule has 0 amide bonds. The Morgan fingerprint density at radius 2 is 2.11 bits per heavy atom. The molecule has 0 atom stereocenters. The van der Waals surface area contributed by atoms with Crippen molar-refractivity contribution in [3.05, 3.63) is 23.1 Å². The maximum absolute atomic E-state index is 11.0. The Labute approximate surface area is 115 Å². The van der Waals surface area contributed by atoms with Gasteiger partial charge in [-0.3, -0.25) is 0 Å². The van der Waals surface area contributed by atoms with Crippen molar-refractivity contribution in [1.29, 1.82) is 0 Å². The molecular weight excluding hydrogens is 264 g/mol. The highest BCUT2D eigenvalue weighted by Gasteiger charge is 2.12. The van der Waals surface area contributed by atoms with Crippen LogP contribution in [0, 0.1) is 0 Å². The Hall–Kier alpha value is -1.75. The van der Waals surface area contributed by atoms with E-state index in [1.165, 1.54) is 11.3 Å². The Kier molecular flexibility index (Phi) is 4.27. The standard InChI is InChI=1S/C14H16O4S/c1-3-4-5-18-11-8-12-9(6-10(11)17-2)7-13(19-12)14(15)16/h6-8H,3-5H2,1-2H3,(H,15,16). The Morgan fingerprint density at radius 3 is 2.74 bits per heavy atom. The smallest absolute Gasteiger partial charge is 0.345 e. The molecule has 0 saturated heterocycles. The van der Waals surface area contributed by atoms with Gasteiger partial charge in [-0.15, -0.1) is 11.3 Å². The van der Waals surface area contributed by atoms with Gasteiger partial charge in [-0.1, -0.05) is 13.3 Å². The maximum Gasteiger partial charge on any atom is 0.345 e. The molecule has 0 fully saturated rings. The van der Waals surface area contributed by atoms with Gasteiger partial charge in [-0.2, -0.15) is 0 Å². The van der Waals surface area contributed by atoms with Crippen molar-refractivity contribution in [2.24, 2.45) is 0 Å². The topological polar surface area (TPSA) is 55.8 Å². The first-order valence-corrected chi connectivity index (χ1v) is 6.95. The third-order valence-corrected chi connectivity index (χ3v) is 3.85. The summed E-state index contributed by atoms with van der Waals surface area (Å²) in [5, 5.41) is 9.87. The van der Waals surface area contributed by atoms with Crippen LogP contribution in [0.1, 0.15) is 29.4 Å². The number of benzene rings is 1. The Balaban J connectivity index is 2.36. The van der Waals surface area contributed by atoms with Crippen molar-refractivity contribution >= 4 is 27.4 Å². The monoisotopic (exact) mass is 280 g/mol. The van der Waals surface area contributed by atoms with Crippen LogP contribution in [0.4, 0.5) is 0 Å². The Bertz CT molecular complexity index is 588. The first kappa shape index (κ1) is 13.7. The van der Waals surface area contributed by atoms with Crippen molar-refractivity contribution in [1.82, 2.24) is 0 Å². The Morgan fingerprint density at radius 1 is 1.32 bits per heavy atom. The SMILES string of the molecule is CCCCOc1cc2sc(C(=O)O)cc2cc1OC. The molecule has 1 aromatic carbocycles. The summed E-state index contributed by atoms with van der Waals surface area (Å²) in [7, 11) is 1.58. The van der Waals surface area contributed by atoms with E-state index in [9.17, 15) is 4.79 Å². The van der Waals surface area contributed by atoms with E-state index in [1.807, 2.05) is 12.1 Å². The lowest BCUT2D eigenvalue weighted by Gasteiger charge is -2.10. The second-order valence-corrected chi connectivity index (χ2v) is 5.24. The molecule has 4 nitrogen and oxygen atoms in total. The summed E-state index contributed by atoms with van der Waals surface area (Å²) in [4.78, 5) is 11.3. The van der Waals surface area contributed by atoms with Crippen molar-refractivity contribution in [2.75, 3.05) is 13.7 Å². The van der Waals surface area contributed by atoms with E-state index in [0.717, 1.165) is 22.9 Å². The summed E-state index contributed by atoms with van der Waals surface area (Å²) in [6, 6.07) is 5.32. The van der Waals surface area contributed by atoms with Gasteiger partial charge in [0, 0.05) is 10.8 Å². The van der Waals surface area contributed by atoms with Crippen molar-refractivity contribution < 1.29 is 19.4 Å². The van der Waals surface area contributed by atoms with Crippen LogP contribution in [0.15, 0.2) is 18.2 Å². The minimum Gasteiger partial charge on any atom is -0.493 e. The number of hydrogen-bond donors (Lipinski definition) is 1. The quantitative estimate of drug-likeness (QED) is 0.818. The van der Waals surface area contributed by atoms with Crippen LogP contribution in [0.2, 0.25) is 0 Å². The van der Waals surface area contributed by atoms with Crippen LogP contribution in [0.5, 0.6) is 11.5 Å². The molecule has 0 spiro atoms. The van der Waals surface area contributed by atoms with Gasteiger partial charge in [0.2, 0.25) is 0 Å². The van der Waals surface area contributed by atoms with Crippen LogP contribution < -0.4 is 9.47 Å². The van der Waals surface area contributed by atoms with E-state index >= 15 is 0 Å². The first-order valence-electron chi connectivity index (χ1n) is 6.13. The fourth-order valence-electron chi connectivity index (χ4n) is 1.75. The largest absolute Gasteiger partial charge is 0.493 e. The fraction of sp³-hybridized carbons (Fsp3) is 0.357. The summed E-state index contributed by atoms with van der Waals surface area (Å²) in [6.45, 7) is 2.73. The highest BCUT2D eigenvalue weighted by Crippen LogP contribution is 2.36. The molecule has 0 bridgehead atoms. The highest BCUT2D eigenvalue weighted by molar-refractivity contribution is 7.20. The molecule has 2 rings (SSSR count). The molecule has 1 N–H and O–H groups in total. The summed E-state index contributed by atoms with van der Waals surface area (Å²) >= 11 is 1.24. The summed E-state index contributed by atoms with van der Waals surface area (Å²) < 4.78 is 11.9. The molecule has 19 heavy (non-hydrogen) atoms. The molecule has 1 aromatic heterocycles. The van der Waals surface area contributed by atoms with Crippen molar-refractivity contribution in [2.45, 2.75) is 19.8 Å².